The lowest BCUT2D eigenvalue weighted by Crippen LogP contribution is -2.11. The first-order valence-electron chi connectivity index (χ1n) is 13.0. The van der Waals surface area contributed by atoms with E-state index in [1.54, 1.807) is 0 Å². The zero-order valence-electron chi connectivity index (χ0n) is 21.2. The average Bonchev–Trinajstić information content (AvgIpc) is 2.95. The highest BCUT2D eigenvalue weighted by atomic mass is 32.2. The topological polar surface area (TPSA) is 52.6 Å². The molecule has 0 aromatic heterocycles. The molecule has 0 radical (unpaired) electrons. The van der Waals surface area contributed by atoms with E-state index in [0.29, 0.717) is 24.7 Å². The van der Waals surface area contributed by atoms with E-state index in [0.717, 1.165) is 42.4 Å². The molecule has 2 aliphatic rings. The van der Waals surface area contributed by atoms with Crippen molar-refractivity contribution in [1.82, 2.24) is 0 Å². The molecule has 0 saturated carbocycles. The molecular weight excluding hydrogens is 512 g/mol. The Hall–Kier alpha value is -2.90. The Bertz CT molecular complexity index is 1490. The zero-order chi connectivity index (χ0) is 25.9. The minimum Gasteiger partial charge on any atom is -0.285 e. The fourth-order valence-electron chi connectivity index (χ4n) is 5.10. The van der Waals surface area contributed by atoms with Crippen molar-refractivity contribution in [2.24, 2.45) is 0 Å². The molecule has 0 saturated heterocycles. The van der Waals surface area contributed by atoms with Crippen molar-refractivity contribution in [1.29, 1.82) is 0 Å². The van der Waals surface area contributed by atoms with Gasteiger partial charge in [0.2, 0.25) is 0 Å². The molecular formula is C32H30O4S2. The summed E-state index contributed by atoms with van der Waals surface area (Å²) in [5.74, 6) is 0.974. The molecule has 0 spiro atoms. The number of hydrogen-bond acceptors (Lipinski definition) is 4. The SMILES string of the molecule is O=S1Cc2ccc(CCc3ccc(CCc4ccc(-c5ccc6c(c5)COS(=O)C6)cc4)cc3)cc2CO1. The van der Waals surface area contributed by atoms with Crippen LogP contribution in [0.3, 0.4) is 0 Å². The van der Waals surface area contributed by atoms with Crippen molar-refractivity contribution in [3.63, 3.8) is 0 Å². The summed E-state index contributed by atoms with van der Waals surface area (Å²) in [6.07, 6.45) is 4.00. The predicted octanol–water partition coefficient (Wildman–Crippen LogP) is 6.31. The number of fused-ring (bicyclic) bond motifs is 2. The molecule has 0 amide bonds. The molecule has 0 N–H and O–H groups in total. The molecule has 194 valence electrons. The molecule has 2 aliphatic heterocycles. The van der Waals surface area contributed by atoms with Crippen LogP contribution in [0, 0.1) is 0 Å². The minimum atomic E-state index is -1.20. The summed E-state index contributed by atoms with van der Waals surface area (Å²) in [5.41, 5.74) is 12.2. The second-order valence-corrected chi connectivity index (χ2v) is 12.3. The van der Waals surface area contributed by atoms with Gasteiger partial charge in [0.05, 0.1) is 24.7 Å². The van der Waals surface area contributed by atoms with Crippen LogP contribution >= 0.6 is 0 Å². The van der Waals surface area contributed by atoms with Crippen LogP contribution in [0.4, 0.5) is 0 Å². The van der Waals surface area contributed by atoms with Gasteiger partial charge >= 0.3 is 0 Å². The molecule has 2 heterocycles. The molecule has 4 aromatic carbocycles. The van der Waals surface area contributed by atoms with E-state index in [4.69, 9.17) is 8.37 Å². The maximum Gasteiger partial charge on any atom is 0.160 e. The smallest absolute Gasteiger partial charge is 0.160 e. The standard InChI is InChI=1S/C32H30O4S2/c33-37-21-29-14-11-26(17-31(29)19-35-37)8-7-24-3-1-23(2-4-24)5-6-25-9-12-27(13-10-25)28-15-16-30-22-38(34)36-20-32(30)18-28/h1-4,9-18H,5-8,19-22H2. The molecule has 6 rings (SSSR count). The van der Waals surface area contributed by atoms with Crippen molar-refractivity contribution in [3.8, 4) is 11.1 Å². The lowest BCUT2D eigenvalue weighted by atomic mass is 9.97. The molecule has 38 heavy (non-hydrogen) atoms. The molecule has 2 unspecified atom stereocenters. The minimum absolute atomic E-state index is 0.417. The summed E-state index contributed by atoms with van der Waals surface area (Å²) in [6, 6.07) is 30.6. The summed E-state index contributed by atoms with van der Waals surface area (Å²) in [6.45, 7) is 0.862. The summed E-state index contributed by atoms with van der Waals surface area (Å²) < 4.78 is 33.8. The van der Waals surface area contributed by atoms with Crippen LogP contribution in [-0.4, -0.2) is 8.42 Å². The molecule has 4 nitrogen and oxygen atoms in total. The maximum absolute atomic E-state index is 11.6. The van der Waals surface area contributed by atoms with Crippen molar-refractivity contribution in [2.45, 2.75) is 50.4 Å². The van der Waals surface area contributed by atoms with Gasteiger partial charge in [0, 0.05) is 0 Å². The van der Waals surface area contributed by atoms with Gasteiger partial charge in [-0.1, -0.05) is 78.9 Å². The Kier molecular flexibility index (Phi) is 7.65. The first kappa shape index (κ1) is 25.4. The van der Waals surface area contributed by atoms with E-state index in [1.165, 1.54) is 38.9 Å². The van der Waals surface area contributed by atoms with Gasteiger partial charge in [-0.3, -0.25) is 8.37 Å². The van der Waals surface area contributed by atoms with E-state index in [9.17, 15) is 8.42 Å². The van der Waals surface area contributed by atoms with Crippen LogP contribution < -0.4 is 0 Å². The predicted molar refractivity (Wildman–Crippen MR) is 153 cm³/mol. The molecule has 2 atom stereocenters. The highest BCUT2D eigenvalue weighted by Gasteiger charge is 2.16. The second-order valence-electron chi connectivity index (χ2n) is 10.0. The molecule has 4 aromatic rings. The van der Waals surface area contributed by atoms with Crippen LogP contribution in [0.25, 0.3) is 11.1 Å². The molecule has 0 fully saturated rings. The average molecular weight is 543 g/mol. The van der Waals surface area contributed by atoms with E-state index in [-0.39, 0.29) is 0 Å². The van der Waals surface area contributed by atoms with Gasteiger partial charge in [-0.15, -0.1) is 0 Å². The second kappa shape index (κ2) is 11.5. The zero-order valence-corrected chi connectivity index (χ0v) is 22.8. The fraction of sp³-hybridized carbons (Fsp3) is 0.250. The Morgan fingerprint density at radius 1 is 0.474 bits per heavy atom. The normalized spacial score (nSPS) is 18.5. The third-order valence-corrected chi connectivity index (χ3v) is 9.29. The molecule has 0 bridgehead atoms. The van der Waals surface area contributed by atoms with Crippen LogP contribution in [-0.2, 0) is 80.9 Å². The van der Waals surface area contributed by atoms with Crippen LogP contribution in [0.15, 0.2) is 84.9 Å². The Morgan fingerprint density at radius 3 is 1.47 bits per heavy atom. The van der Waals surface area contributed by atoms with Gasteiger partial charge in [-0.2, -0.15) is 0 Å². The van der Waals surface area contributed by atoms with E-state index in [2.05, 4.69) is 84.9 Å². The summed E-state index contributed by atoms with van der Waals surface area (Å²) in [4.78, 5) is 0. The first-order valence-corrected chi connectivity index (χ1v) is 15.5. The van der Waals surface area contributed by atoms with E-state index < -0.39 is 22.2 Å². The van der Waals surface area contributed by atoms with Gasteiger partial charge in [-0.25, -0.2) is 8.42 Å². The van der Waals surface area contributed by atoms with Crippen LogP contribution in [0.1, 0.15) is 44.5 Å². The number of benzene rings is 4. The number of hydrogen-bond donors (Lipinski definition) is 0. The number of rotatable bonds is 7. The largest absolute Gasteiger partial charge is 0.285 e. The maximum atomic E-state index is 11.6. The van der Waals surface area contributed by atoms with E-state index in [1.807, 2.05) is 0 Å². The lowest BCUT2D eigenvalue weighted by Gasteiger charge is -2.16. The highest BCUT2D eigenvalue weighted by Crippen LogP contribution is 2.27. The third kappa shape index (κ3) is 6.05. The van der Waals surface area contributed by atoms with Crippen molar-refractivity contribution in [3.05, 3.63) is 129 Å². The van der Waals surface area contributed by atoms with Gasteiger partial charge in [-0.05, 0) is 87.4 Å². The van der Waals surface area contributed by atoms with Gasteiger partial charge in [0.1, 0.15) is 0 Å². The van der Waals surface area contributed by atoms with Crippen molar-refractivity contribution < 1.29 is 16.8 Å². The van der Waals surface area contributed by atoms with Crippen molar-refractivity contribution in [2.75, 3.05) is 0 Å². The highest BCUT2D eigenvalue weighted by molar-refractivity contribution is 7.79. The van der Waals surface area contributed by atoms with Crippen molar-refractivity contribution >= 4 is 22.2 Å². The summed E-state index contributed by atoms with van der Waals surface area (Å²) in [7, 11) is 0. The Labute approximate surface area is 229 Å². The monoisotopic (exact) mass is 542 g/mol. The summed E-state index contributed by atoms with van der Waals surface area (Å²) >= 11 is -2.38. The molecule has 0 aliphatic carbocycles. The van der Waals surface area contributed by atoms with Gasteiger partial charge < -0.3 is 0 Å². The van der Waals surface area contributed by atoms with Gasteiger partial charge in [0.15, 0.2) is 22.2 Å². The Morgan fingerprint density at radius 2 is 0.895 bits per heavy atom. The lowest BCUT2D eigenvalue weighted by molar-refractivity contribution is 0.327. The van der Waals surface area contributed by atoms with Crippen LogP contribution in [0.2, 0.25) is 0 Å². The quantitative estimate of drug-likeness (QED) is 0.275. The van der Waals surface area contributed by atoms with E-state index >= 15 is 0 Å². The fourth-order valence-corrected chi connectivity index (χ4v) is 6.85. The Balaban J connectivity index is 1.01. The first-order chi connectivity index (χ1) is 18.6. The van der Waals surface area contributed by atoms with Gasteiger partial charge in [0.25, 0.3) is 0 Å². The van der Waals surface area contributed by atoms with Crippen LogP contribution in [0.5, 0.6) is 0 Å². The molecule has 6 heteroatoms. The number of aryl methyl sites for hydroxylation is 4. The third-order valence-electron chi connectivity index (χ3n) is 7.43. The summed E-state index contributed by atoms with van der Waals surface area (Å²) in [5, 5.41) is 0.